The van der Waals surface area contributed by atoms with Crippen molar-refractivity contribution in [3.63, 3.8) is 0 Å². The van der Waals surface area contributed by atoms with E-state index in [4.69, 9.17) is 20.9 Å². The number of fused-ring (bicyclic) bond motifs is 4. The van der Waals surface area contributed by atoms with E-state index in [2.05, 4.69) is 0 Å². The van der Waals surface area contributed by atoms with Gasteiger partial charge in [-0.25, -0.2) is 9.59 Å². The Morgan fingerprint density at radius 2 is 1.03 bits per heavy atom. The Kier molecular flexibility index (Phi) is 6.31. The van der Waals surface area contributed by atoms with Gasteiger partial charge in [0.15, 0.2) is 0 Å². The minimum atomic E-state index is -0.413. The van der Waals surface area contributed by atoms with Gasteiger partial charge in [-0.3, -0.25) is 0 Å². The maximum absolute atomic E-state index is 11.9. The Labute approximate surface area is 180 Å². The predicted octanol–water partition coefficient (Wildman–Crippen LogP) is 2.97. The molecule has 172 valence electrons. The highest BCUT2D eigenvalue weighted by atomic mass is 16.6. The summed E-state index contributed by atoms with van der Waals surface area (Å²) >= 11 is 0. The fourth-order valence-electron chi connectivity index (χ4n) is 5.27. The number of rotatable bonds is 0. The molecule has 4 N–H and O–H groups in total. The monoisotopic (exact) mass is 424 g/mol. The van der Waals surface area contributed by atoms with E-state index >= 15 is 0 Å². The summed E-state index contributed by atoms with van der Waals surface area (Å²) in [5, 5.41) is 0. The van der Waals surface area contributed by atoms with Crippen LogP contribution in [0.3, 0.4) is 0 Å². The van der Waals surface area contributed by atoms with Crippen LogP contribution in [0.4, 0.5) is 9.59 Å². The number of hydrogen-bond donors (Lipinski definition) is 2. The van der Waals surface area contributed by atoms with Crippen molar-refractivity contribution in [2.45, 2.75) is 128 Å². The van der Waals surface area contributed by atoms with Crippen LogP contribution < -0.4 is 11.5 Å². The molecule has 2 amide bonds. The van der Waals surface area contributed by atoms with Gasteiger partial charge < -0.3 is 30.7 Å². The first-order valence-corrected chi connectivity index (χ1v) is 11.3. The average molecular weight is 425 g/mol. The largest absolute Gasteiger partial charge is 0.444 e. The fraction of sp³-hybridized carbons (Fsp3) is 0.909. The van der Waals surface area contributed by atoms with Gasteiger partial charge in [0.25, 0.3) is 0 Å². The average Bonchev–Trinajstić information content (AvgIpc) is 3.28. The highest BCUT2D eigenvalue weighted by molar-refractivity contribution is 5.70. The van der Waals surface area contributed by atoms with E-state index < -0.39 is 11.2 Å². The Hall–Kier alpha value is -1.54. The molecule has 4 heterocycles. The molecule has 4 aliphatic heterocycles. The van der Waals surface area contributed by atoms with Crippen molar-refractivity contribution < 1.29 is 19.1 Å². The van der Waals surface area contributed by atoms with Crippen molar-refractivity contribution in [3.05, 3.63) is 0 Å². The zero-order valence-electron chi connectivity index (χ0n) is 19.4. The summed E-state index contributed by atoms with van der Waals surface area (Å²) in [5.74, 6) is 0. The highest BCUT2D eigenvalue weighted by Gasteiger charge is 2.49. The van der Waals surface area contributed by atoms with Crippen LogP contribution in [0.25, 0.3) is 0 Å². The second-order valence-electron chi connectivity index (χ2n) is 11.2. The molecule has 6 atom stereocenters. The lowest BCUT2D eigenvalue weighted by Crippen LogP contribution is -2.43. The molecule has 0 aromatic heterocycles. The van der Waals surface area contributed by atoms with Gasteiger partial charge in [-0.2, -0.15) is 0 Å². The molecule has 0 saturated carbocycles. The maximum Gasteiger partial charge on any atom is 0.410 e. The van der Waals surface area contributed by atoms with Crippen LogP contribution >= 0.6 is 0 Å². The van der Waals surface area contributed by atoms with Gasteiger partial charge in [0, 0.05) is 24.2 Å². The van der Waals surface area contributed by atoms with Crippen molar-refractivity contribution in [3.8, 4) is 0 Å². The molecular weight excluding hydrogens is 384 g/mol. The van der Waals surface area contributed by atoms with E-state index in [1.54, 1.807) is 0 Å². The molecule has 4 fully saturated rings. The molecule has 0 spiro atoms. The number of nitrogens with two attached hydrogens (primary N) is 2. The molecule has 30 heavy (non-hydrogen) atoms. The lowest BCUT2D eigenvalue weighted by molar-refractivity contribution is 0.0202. The summed E-state index contributed by atoms with van der Waals surface area (Å²) < 4.78 is 10.8. The van der Waals surface area contributed by atoms with Crippen LogP contribution in [0, 0.1) is 0 Å². The standard InChI is InChI=1S/2C11H20N2O2/c2*1-11(2,3)15-10(14)13-7-4-5-9(13)8(12)6-7/h2*7-9H,4-6,12H2,1-3H3/t2*7-,8+,9+/m10/s1. The predicted molar refractivity (Wildman–Crippen MR) is 115 cm³/mol. The molecule has 4 rings (SSSR count). The molecular formula is C22H40N4O4. The highest BCUT2D eigenvalue weighted by Crippen LogP contribution is 2.38. The SMILES string of the molecule is CC(C)(C)OC(=O)N1[C@@H]2CC[C@H]1[C@@H](N)C2.CC(C)(C)OC(=O)N1[C@H]2CC[C@@H]1[C@H](N)C2. The molecule has 4 bridgehead atoms. The van der Waals surface area contributed by atoms with Gasteiger partial charge >= 0.3 is 12.2 Å². The summed E-state index contributed by atoms with van der Waals surface area (Å²) in [4.78, 5) is 27.5. The smallest absolute Gasteiger partial charge is 0.410 e. The maximum atomic E-state index is 11.9. The van der Waals surface area contributed by atoms with Crippen molar-refractivity contribution in [2.24, 2.45) is 11.5 Å². The zero-order chi connectivity index (χ0) is 22.4. The van der Waals surface area contributed by atoms with Crippen LogP contribution in [0.15, 0.2) is 0 Å². The molecule has 8 heteroatoms. The Balaban J connectivity index is 0.000000171. The summed E-state index contributed by atoms with van der Waals surface area (Å²) in [5.41, 5.74) is 11.1. The second-order valence-corrected chi connectivity index (χ2v) is 11.2. The van der Waals surface area contributed by atoms with Gasteiger partial charge in [-0.15, -0.1) is 0 Å². The quantitative estimate of drug-likeness (QED) is 0.618. The van der Waals surface area contributed by atoms with E-state index in [0.717, 1.165) is 38.5 Å². The van der Waals surface area contributed by atoms with Crippen molar-refractivity contribution in [2.75, 3.05) is 0 Å². The molecule has 0 aromatic carbocycles. The summed E-state index contributed by atoms with van der Waals surface area (Å²) in [6.45, 7) is 11.4. The van der Waals surface area contributed by atoms with Crippen LogP contribution in [0.2, 0.25) is 0 Å². The third-order valence-corrected chi connectivity index (χ3v) is 6.38. The molecule has 0 radical (unpaired) electrons. The number of ether oxygens (including phenoxy) is 2. The first kappa shape index (κ1) is 23.1. The molecule has 4 aliphatic rings. The van der Waals surface area contributed by atoms with Crippen LogP contribution in [-0.2, 0) is 9.47 Å². The van der Waals surface area contributed by atoms with E-state index in [1.165, 1.54) is 0 Å². The van der Waals surface area contributed by atoms with Crippen LogP contribution in [0.1, 0.15) is 80.1 Å². The number of nitrogens with zero attached hydrogens (tertiary/aromatic N) is 2. The number of carbonyl (C=O) groups is 2. The van der Waals surface area contributed by atoms with E-state index in [9.17, 15) is 9.59 Å². The second kappa shape index (κ2) is 8.19. The Morgan fingerprint density at radius 1 is 0.700 bits per heavy atom. The molecule has 0 aliphatic carbocycles. The van der Waals surface area contributed by atoms with E-state index in [0.29, 0.717) is 12.1 Å². The minimum Gasteiger partial charge on any atom is -0.444 e. The van der Waals surface area contributed by atoms with Crippen molar-refractivity contribution in [1.82, 2.24) is 9.80 Å². The first-order valence-electron chi connectivity index (χ1n) is 11.3. The third-order valence-electron chi connectivity index (χ3n) is 6.38. The molecule has 8 nitrogen and oxygen atoms in total. The number of hydrogen-bond acceptors (Lipinski definition) is 6. The Morgan fingerprint density at radius 3 is 1.23 bits per heavy atom. The zero-order valence-corrected chi connectivity index (χ0v) is 19.4. The van der Waals surface area contributed by atoms with Crippen molar-refractivity contribution >= 4 is 12.2 Å². The van der Waals surface area contributed by atoms with Gasteiger partial charge in [-0.05, 0) is 80.1 Å². The number of amides is 2. The summed E-state index contributed by atoms with van der Waals surface area (Å²) in [6.07, 6.45) is 5.71. The fourth-order valence-corrected chi connectivity index (χ4v) is 5.27. The number of carbonyl (C=O) groups excluding carboxylic acids is 2. The van der Waals surface area contributed by atoms with Crippen LogP contribution in [-0.4, -0.2) is 69.4 Å². The molecule has 0 unspecified atom stereocenters. The normalized spacial score (nSPS) is 34.7. The van der Waals surface area contributed by atoms with Gasteiger partial charge in [-0.1, -0.05) is 0 Å². The van der Waals surface area contributed by atoms with Gasteiger partial charge in [0.1, 0.15) is 11.2 Å². The topological polar surface area (TPSA) is 111 Å². The lowest BCUT2D eigenvalue weighted by Gasteiger charge is -2.27. The van der Waals surface area contributed by atoms with E-state index in [1.807, 2.05) is 51.3 Å². The minimum absolute atomic E-state index is 0.149. The molecule has 4 saturated heterocycles. The van der Waals surface area contributed by atoms with Gasteiger partial charge in [0.2, 0.25) is 0 Å². The summed E-state index contributed by atoms with van der Waals surface area (Å²) in [7, 11) is 0. The lowest BCUT2D eigenvalue weighted by atomic mass is 9.97. The first-order chi connectivity index (χ1) is 13.8. The van der Waals surface area contributed by atoms with E-state index in [-0.39, 0.29) is 36.4 Å². The summed E-state index contributed by atoms with van der Waals surface area (Å²) in [6, 6.07) is 1.36. The van der Waals surface area contributed by atoms with Crippen LogP contribution in [0.5, 0.6) is 0 Å². The third kappa shape index (κ3) is 5.02. The van der Waals surface area contributed by atoms with Gasteiger partial charge in [0.05, 0.1) is 12.1 Å². The molecule has 0 aromatic rings. The van der Waals surface area contributed by atoms with Crippen molar-refractivity contribution in [1.29, 1.82) is 0 Å². The Bertz CT molecular complexity index is 601.